The summed E-state index contributed by atoms with van der Waals surface area (Å²) in [6.07, 6.45) is 2.88. The monoisotopic (exact) mass is 348 g/mol. The number of nitrogens with zero attached hydrogens (tertiary/aromatic N) is 3. The lowest BCUT2D eigenvalue weighted by atomic mass is 10.2. The largest absolute Gasteiger partial charge is 0.434 e. The Hall–Kier alpha value is -2.61. The van der Waals surface area contributed by atoms with Gasteiger partial charge in [-0.2, -0.15) is 13.9 Å². The lowest BCUT2D eigenvalue weighted by Gasteiger charge is -2.07. The second-order valence-electron chi connectivity index (χ2n) is 4.97. The first-order valence-corrected chi connectivity index (χ1v) is 7.91. The third-order valence-corrected chi connectivity index (χ3v) is 4.59. The van der Waals surface area contributed by atoms with Gasteiger partial charge in [0.1, 0.15) is 16.9 Å². The van der Waals surface area contributed by atoms with E-state index >= 15 is 0 Å². The third kappa shape index (κ3) is 3.33. The van der Waals surface area contributed by atoms with Crippen molar-refractivity contribution in [2.24, 2.45) is 5.10 Å². The van der Waals surface area contributed by atoms with Crippen LogP contribution < -0.4 is 10.2 Å². The number of alkyl halides is 2. The minimum Gasteiger partial charge on any atom is -0.434 e. The average Bonchev–Trinajstić information content (AvgIpc) is 2.84. The third-order valence-electron chi connectivity index (χ3n) is 3.47. The fourth-order valence-corrected chi connectivity index (χ4v) is 3.22. The van der Waals surface area contributed by atoms with Crippen LogP contribution in [0.15, 0.2) is 35.7 Å². The molecular formula is C16H14F2N4OS. The molecular weight excluding hydrogens is 334 g/mol. The van der Waals surface area contributed by atoms with E-state index in [2.05, 4.69) is 25.2 Å². The van der Waals surface area contributed by atoms with Crippen molar-refractivity contribution >= 4 is 33.6 Å². The van der Waals surface area contributed by atoms with Crippen LogP contribution >= 0.6 is 11.3 Å². The molecule has 5 nitrogen and oxygen atoms in total. The Kier molecular flexibility index (Phi) is 4.66. The second-order valence-corrected chi connectivity index (χ2v) is 6.18. The quantitative estimate of drug-likeness (QED) is 0.550. The molecule has 0 unspecified atom stereocenters. The standard InChI is InChI=1S/C16H14F2N4OS/c1-9-10(2)24-15-13(9)14(19-8-20-15)22-21-7-11-5-3-4-6-12(11)23-16(17)18/h3-8,16H,1-2H3,(H,19,20,22)/b21-7-. The molecule has 1 N–H and O–H groups in total. The minimum absolute atomic E-state index is 0.0634. The molecule has 0 saturated carbocycles. The topological polar surface area (TPSA) is 59.4 Å². The normalized spacial score (nSPS) is 11.5. The number of thiophene rings is 1. The summed E-state index contributed by atoms with van der Waals surface area (Å²) in [6.45, 7) is 1.13. The summed E-state index contributed by atoms with van der Waals surface area (Å²) in [5, 5.41) is 5.01. The predicted molar refractivity (Wildman–Crippen MR) is 91.2 cm³/mol. The number of anilines is 1. The Morgan fingerprint density at radius 2 is 2.04 bits per heavy atom. The molecule has 1 aromatic carbocycles. The fraction of sp³-hybridized carbons (Fsp3) is 0.188. The number of aromatic nitrogens is 2. The van der Waals surface area contributed by atoms with E-state index in [9.17, 15) is 8.78 Å². The van der Waals surface area contributed by atoms with Crippen LogP contribution in [0.4, 0.5) is 14.6 Å². The molecule has 0 aliphatic heterocycles. The molecule has 24 heavy (non-hydrogen) atoms. The van der Waals surface area contributed by atoms with Crippen LogP contribution in [-0.2, 0) is 0 Å². The molecule has 0 aliphatic carbocycles. The Bertz CT molecular complexity index is 895. The van der Waals surface area contributed by atoms with Crippen molar-refractivity contribution in [3.8, 4) is 5.75 Å². The first-order valence-electron chi connectivity index (χ1n) is 7.10. The van der Waals surface area contributed by atoms with E-state index in [1.807, 2.05) is 13.8 Å². The molecule has 0 saturated heterocycles. The Balaban J connectivity index is 1.85. The average molecular weight is 348 g/mol. The zero-order valence-corrected chi connectivity index (χ0v) is 13.8. The van der Waals surface area contributed by atoms with Crippen LogP contribution in [0.2, 0.25) is 0 Å². The second kappa shape index (κ2) is 6.88. The van der Waals surface area contributed by atoms with Gasteiger partial charge in [-0.1, -0.05) is 12.1 Å². The molecule has 124 valence electrons. The lowest BCUT2D eigenvalue weighted by molar-refractivity contribution is -0.0499. The van der Waals surface area contributed by atoms with E-state index in [0.717, 1.165) is 20.7 Å². The molecule has 0 aliphatic rings. The van der Waals surface area contributed by atoms with Gasteiger partial charge in [-0.15, -0.1) is 11.3 Å². The summed E-state index contributed by atoms with van der Waals surface area (Å²) >= 11 is 1.59. The maximum Gasteiger partial charge on any atom is 0.387 e. The number of halogens is 2. The fourth-order valence-electron chi connectivity index (χ4n) is 2.22. The molecule has 2 heterocycles. The highest BCUT2D eigenvalue weighted by atomic mass is 32.1. The number of para-hydroxylation sites is 1. The van der Waals surface area contributed by atoms with Crippen LogP contribution in [0.3, 0.4) is 0 Å². The number of aryl methyl sites for hydroxylation is 2. The van der Waals surface area contributed by atoms with Crippen LogP contribution in [-0.4, -0.2) is 22.8 Å². The molecule has 0 spiro atoms. The zero-order chi connectivity index (χ0) is 17.1. The molecule has 2 aromatic heterocycles. The van der Waals surface area contributed by atoms with Crippen LogP contribution in [0.5, 0.6) is 5.75 Å². The number of nitrogens with one attached hydrogen (secondary N) is 1. The SMILES string of the molecule is Cc1sc2ncnc(N/N=C\c3ccccc3OC(F)F)c2c1C. The van der Waals surface area contributed by atoms with Gasteiger partial charge in [0.05, 0.1) is 11.6 Å². The highest BCUT2D eigenvalue weighted by molar-refractivity contribution is 7.18. The van der Waals surface area contributed by atoms with E-state index in [1.54, 1.807) is 29.5 Å². The number of ether oxygens (including phenoxy) is 1. The minimum atomic E-state index is -2.88. The smallest absolute Gasteiger partial charge is 0.387 e. The number of hydrazone groups is 1. The molecule has 0 radical (unpaired) electrons. The summed E-state index contributed by atoms with van der Waals surface area (Å²) in [5.41, 5.74) is 4.38. The number of rotatable bonds is 5. The highest BCUT2D eigenvalue weighted by Crippen LogP contribution is 2.32. The van der Waals surface area contributed by atoms with Gasteiger partial charge < -0.3 is 4.74 Å². The van der Waals surface area contributed by atoms with Crippen molar-refractivity contribution in [1.82, 2.24) is 9.97 Å². The van der Waals surface area contributed by atoms with E-state index < -0.39 is 6.61 Å². The maximum absolute atomic E-state index is 12.4. The van der Waals surface area contributed by atoms with Gasteiger partial charge >= 0.3 is 6.61 Å². The molecule has 8 heteroatoms. The van der Waals surface area contributed by atoms with Gasteiger partial charge in [-0.05, 0) is 31.5 Å². The van der Waals surface area contributed by atoms with Crippen molar-refractivity contribution in [1.29, 1.82) is 0 Å². The highest BCUT2D eigenvalue weighted by Gasteiger charge is 2.11. The zero-order valence-electron chi connectivity index (χ0n) is 13.0. The molecule has 0 atom stereocenters. The molecule has 0 fully saturated rings. The number of hydrogen-bond donors (Lipinski definition) is 1. The van der Waals surface area contributed by atoms with E-state index in [1.165, 1.54) is 18.6 Å². The summed E-state index contributed by atoms with van der Waals surface area (Å²) in [5.74, 6) is 0.638. The summed E-state index contributed by atoms with van der Waals surface area (Å²) in [7, 11) is 0. The first kappa shape index (κ1) is 16.3. The Morgan fingerprint density at radius 3 is 2.83 bits per heavy atom. The summed E-state index contributed by atoms with van der Waals surface area (Å²) in [6, 6.07) is 6.43. The van der Waals surface area contributed by atoms with Crippen molar-refractivity contribution in [2.45, 2.75) is 20.5 Å². The summed E-state index contributed by atoms with van der Waals surface area (Å²) in [4.78, 5) is 10.5. The van der Waals surface area contributed by atoms with Crippen LogP contribution in [0, 0.1) is 13.8 Å². The number of benzene rings is 1. The molecule has 0 amide bonds. The van der Waals surface area contributed by atoms with Gasteiger partial charge in [0.25, 0.3) is 0 Å². The van der Waals surface area contributed by atoms with Gasteiger partial charge in [0.15, 0.2) is 5.82 Å². The molecule has 3 aromatic rings. The van der Waals surface area contributed by atoms with Gasteiger partial charge in [0, 0.05) is 10.4 Å². The Labute approximate surface area is 141 Å². The predicted octanol–water partition coefficient (Wildman–Crippen LogP) is 4.36. The van der Waals surface area contributed by atoms with Gasteiger partial charge in [-0.3, -0.25) is 5.43 Å². The number of hydrogen-bond acceptors (Lipinski definition) is 6. The van der Waals surface area contributed by atoms with E-state index in [-0.39, 0.29) is 5.75 Å². The summed E-state index contributed by atoms with van der Waals surface area (Å²) < 4.78 is 29.3. The van der Waals surface area contributed by atoms with Gasteiger partial charge in [0.2, 0.25) is 0 Å². The van der Waals surface area contributed by atoms with E-state index in [0.29, 0.717) is 11.4 Å². The maximum atomic E-state index is 12.4. The van der Waals surface area contributed by atoms with E-state index in [4.69, 9.17) is 0 Å². The van der Waals surface area contributed by atoms with Crippen molar-refractivity contribution < 1.29 is 13.5 Å². The number of fused-ring (bicyclic) bond motifs is 1. The van der Waals surface area contributed by atoms with Crippen LogP contribution in [0.1, 0.15) is 16.0 Å². The van der Waals surface area contributed by atoms with Crippen LogP contribution in [0.25, 0.3) is 10.2 Å². The van der Waals surface area contributed by atoms with Crippen molar-refractivity contribution in [3.05, 3.63) is 46.6 Å². The van der Waals surface area contributed by atoms with Crippen molar-refractivity contribution in [2.75, 3.05) is 5.43 Å². The van der Waals surface area contributed by atoms with Gasteiger partial charge in [-0.25, -0.2) is 9.97 Å². The Morgan fingerprint density at radius 1 is 1.25 bits per heavy atom. The molecule has 0 bridgehead atoms. The first-order chi connectivity index (χ1) is 11.6. The van der Waals surface area contributed by atoms with Crippen molar-refractivity contribution in [3.63, 3.8) is 0 Å². The lowest BCUT2D eigenvalue weighted by Crippen LogP contribution is -2.04. The molecule has 3 rings (SSSR count).